The van der Waals surface area contributed by atoms with Crippen molar-refractivity contribution in [2.24, 2.45) is 0 Å². The summed E-state index contributed by atoms with van der Waals surface area (Å²) in [5.41, 5.74) is 6.37. The van der Waals surface area contributed by atoms with Crippen LogP contribution in [0.4, 0.5) is 10.1 Å². The van der Waals surface area contributed by atoms with E-state index in [2.05, 4.69) is 20.9 Å². The maximum Gasteiger partial charge on any atom is 0.246 e. The smallest absolute Gasteiger partial charge is 0.246 e. The highest BCUT2D eigenvalue weighted by Gasteiger charge is 2.27. The van der Waals surface area contributed by atoms with Crippen LogP contribution in [-0.4, -0.2) is 24.8 Å². The number of nitrogen functional groups attached to an aromatic ring is 1. The fourth-order valence-corrected chi connectivity index (χ4v) is 4.21. The molecule has 0 unspecified atom stereocenters. The summed E-state index contributed by atoms with van der Waals surface area (Å²) >= 11 is 4.39. The van der Waals surface area contributed by atoms with Gasteiger partial charge in [-0.05, 0) is 35.0 Å². The Labute approximate surface area is 134 Å². The van der Waals surface area contributed by atoms with Crippen LogP contribution in [-0.2, 0) is 16.6 Å². The van der Waals surface area contributed by atoms with Crippen LogP contribution in [0.15, 0.2) is 26.9 Å². The lowest BCUT2D eigenvalue weighted by molar-refractivity contribution is 0.456. The average Bonchev–Trinajstić information content (AvgIpc) is 2.79. The third-order valence-corrected chi connectivity index (χ3v) is 5.96. The number of aromatic nitrogens is 1. The monoisotopic (exact) mass is 393 g/mol. The Morgan fingerprint density at radius 2 is 2.14 bits per heavy atom. The van der Waals surface area contributed by atoms with Crippen molar-refractivity contribution in [1.29, 1.82) is 0 Å². The molecule has 0 fully saturated rings. The molecule has 0 spiro atoms. The van der Waals surface area contributed by atoms with E-state index in [0.717, 1.165) is 15.4 Å². The molecular weight excluding hydrogens is 381 g/mol. The van der Waals surface area contributed by atoms with E-state index in [-0.39, 0.29) is 16.7 Å². The summed E-state index contributed by atoms with van der Waals surface area (Å²) in [6.45, 7) is 1.90. The first-order chi connectivity index (χ1) is 9.71. The van der Waals surface area contributed by atoms with E-state index in [0.29, 0.717) is 5.69 Å². The van der Waals surface area contributed by atoms with E-state index < -0.39 is 20.7 Å². The van der Waals surface area contributed by atoms with Gasteiger partial charge in [0.25, 0.3) is 0 Å². The van der Waals surface area contributed by atoms with Gasteiger partial charge in [0.1, 0.15) is 4.90 Å². The van der Waals surface area contributed by atoms with E-state index in [9.17, 15) is 12.8 Å². The lowest BCUT2D eigenvalue weighted by atomic mass is 10.3. The Bertz CT molecular complexity index is 777. The average molecular weight is 394 g/mol. The molecule has 5 nitrogen and oxygen atoms in total. The predicted octanol–water partition coefficient (Wildman–Crippen LogP) is 2.76. The van der Waals surface area contributed by atoms with Crippen LogP contribution in [0, 0.1) is 12.7 Å². The maximum absolute atomic E-state index is 14.1. The predicted molar refractivity (Wildman–Crippen MR) is 84.0 cm³/mol. The van der Waals surface area contributed by atoms with Gasteiger partial charge in [-0.25, -0.2) is 17.8 Å². The standard InChI is InChI=1S/C12H13BrFN3O2S2/c1-7-16-9(6-20-7)5-17(2)21(18,19)11-4-8(15)3-10(13)12(11)14/h3-4,6H,5,15H2,1-2H3. The molecule has 0 aliphatic heterocycles. The number of hydrogen-bond donors (Lipinski definition) is 1. The van der Waals surface area contributed by atoms with Gasteiger partial charge in [-0.15, -0.1) is 11.3 Å². The fraction of sp³-hybridized carbons (Fsp3) is 0.250. The third-order valence-electron chi connectivity index (χ3n) is 2.76. The Morgan fingerprint density at radius 1 is 1.48 bits per heavy atom. The number of thiazole rings is 1. The van der Waals surface area contributed by atoms with E-state index in [1.54, 1.807) is 5.38 Å². The summed E-state index contributed by atoms with van der Waals surface area (Å²) < 4.78 is 40.0. The summed E-state index contributed by atoms with van der Waals surface area (Å²) in [5, 5.41) is 2.61. The molecule has 0 saturated carbocycles. The van der Waals surface area contributed by atoms with Crippen molar-refractivity contribution in [1.82, 2.24) is 9.29 Å². The molecule has 0 aliphatic rings. The number of hydrogen-bond acceptors (Lipinski definition) is 5. The highest BCUT2D eigenvalue weighted by molar-refractivity contribution is 9.10. The van der Waals surface area contributed by atoms with Gasteiger partial charge in [0.15, 0.2) is 5.82 Å². The second-order valence-corrected chi connectivity index (χ2v) is 8.36. The third kappa shape index (κ3) is 3.42. The quantitative estimate of drug-likeness (QED) is 0.810. The van der Waals surface area contributed by atoms with Crippen molar-refractivity contribution >= 4 is 43.0 Å². The van der Waals surface area contributed by atoms with Crippen LogP contribution in [0.2, 0.25) is 0 Å². The van der Waals surface area contributed by atoms with Crippen molar-refractivity contribution in [3.05, 3.63) is 38.5 Å². The highest BCUT2D eigenvalue weighted by Crippen LogP contribution is 2.28. The Balaban J connectivity index is 2.37. The molecule has 0 saturated heterocycles. The number of sulfonamides is 1. The number of rotatable bonds is 4. The lowest BCUT2D eigenvalue weighted by Gasteiger charge is -2.17. The minimum absolute atomic E-state index is 0.0129. The van der Waals surface area contributed by atoms with Crippen molar-refractivity contribution < 1.29 is 12.8 Å². The van der Waals surface area contributed by atoms with Crippen molar-refractivity contribution in [2.75, 3.05) is 12.8 Å². The number of halogens is 2. The fourth-order valence-electron chi connectivity index (χ4n) is 1.73. The molecule has 114 valence electrons. The first-order valence-electron chi connectivity index (χ1n) is 5.83. The lowest BCUT2D eigenvalue weighted by Crippen LogP contribution is -2.27. The van der Waals surface area contributed by atoms with E-state index in [1.165, 1.54) is 24.5 Å². The molecule has 0 bridgehead atoms. The summed E-state index contributed by atoms with van der Waals surface area (Å²) in [5.74, 6) is -0.856. The molecule has 9 heteroatoms. The molecule has 1 aromatic heterocycles. The van der Waals surface area contributed by atoms with E-state index in [4.69, 9.17) is 5.73 Å². The zero-order valence-corrected chi connectivity index (χ0v) is 14.5. The van der Waals surface area contributed by atoms with Gasteiger partial charge < -0.3 is 5.73 Å². The Morgan fingerprint density at radius 3 is 2.71 bits per heavy atom. The highest BCUT2D eigenvalue weighted by atomic mass is 79.9. The maximum atomic E-state index is 14.1. The van der Waals surface area contributed by atoms with Crippen LogP contribution >= 0.6 is 27.3 Å². The molecule has 0 amide bonds. The van der Waals surface area contributed by atoms with E-state index in [1.807, 2.05) is 6.92 Å². The zero-order valence-electron chi connectivity index (χ0n) is 11.3. The first kappa shape index (κ1) is 16.3. The summed E-state index contributed by atoms with van der Waals surface area (Å²) in [4.78, 5) is 3.75. The largest absolute Gasteiger partial charge is 0.399 e. The minimum atomic E-state index is -3.99. The second-order valence-electron chi connectivity index (χ2n) is 4.43. The molecule has 2 aromatic rings. The van der Waals surface area contributed by atoms with Crippen molar-refractivity contribution in [2.45, 2.75) is 18.4 Å². The van der Waals surface area contributed by atoms with Crippen LogP contribution in [0.3, 0.4) is 0 Å². The van der Waals surface area contributed by atoms with Gasteiger partial charge >= 0.3 is 0 Å². The van der Waals surface area contributed by atoms with Gasteiger partial charge in [-0.2, -0.15) is 4.31 Å². The molecule has 1 heterocycles. The molecular formula is C12H13BrFN3O2S2. The normalized spacial score (nSPS) is 12.0. The Hall–Kier alpha value is -1.03. The number of aryl methyl sites for hydroxylation is 1. The van der Waals surface area contributed by atoms with Crippen LogP contribution in [0.1, 0.15) is 10.7 Å². The number of nitrogens with two attached hydrogens (primary N) is 1. The summed E-state index contributed by atoms with van der Waals surface area (Å²) in [7, 11) is -2.62. The Kier molecular flexibility index (Phi) is 4.66. The van der Waals surface area contributed by atoms with Gasteiger partial charge in [-0.3, -0.25) is 0 Å². The van der Waals surface area contributed by atoms with Crippen LogP contribution in [0.5, 0.6) is 0 Å². The minimum Gasteiger partial charge on any atom is -0.399 e. The van der Waals surface area contributed by atoms with Gasteiger partial charge in [0, 0.05) is 18.1 Å². The number of anilines is 1. The topological polar surface area (TPSA) is 76.3 Å². The van der Waals surface area contributed by atoms with Gasteiger partial charge in [0.2, 0.25) is 10.0 Å². The molecule has 0 radical (unpaired) electrons. The molecule has 0 atom stereocenters. The van der Waals surface area contributed by atoms with Crippen molar-refractivity contribution in [3.8, 4) is 0 Å². The van der Waals surface area contributed by atoms with Gasteiger partial charge in [0.05, 0.1) is 21.7 Å². The summed E-state index contributed by atoms with van der Waals surface area (Å²) in [6, 6.07) is 2.43. The molecule has 1 aromatic carbocycles. The molecule has 0 aliphatic carbocycles. The molecule has 21 heavy (non-hydrogen) atoms. The first-order valence-corrected chi connectivity index (χ1v) is 8.95. The summed E-state index contributed by atoms with van der Waals surface area (Å²) in [6.07, 6.45) is 0. The number of benzene rings is 1. The van der Waals surface area contributed by atoms with Crippen molar-refractivity contribution in [3.63, 3.8) is 0 Å². The van der Waals surface area contributed by atoms with Gasteiger partial charge in [-0.1, -0.05) is 0 Å². The molecule has 2 rings (SSSR count). The number of nitrogens with zero attached hydrogens (tertiary/aromatic N) is 2. The van der Waals surface area contributed by atoms with E-state index >= 15 is 0 Å². The zero-order chi connectivity index (χ0) is 15.8. The van der Waals surface area contributed by atoms with Crippen LogP contribution in [0.25, 0.3) is 0 Å². The SMILES string of the molecule is Cc1nc(CN(C)S(=O)(=O)c2cc(N)cc(Br)c2F)cs1. The molecule has 2 N–H and O–H groups in total. The van der Waals surface area contributed by atoms with Crippen LogP contribution < -0.4 is 5.73 Å². The second kappa shape index (κ2) is 5.99.